The summed E-state index contributed by atoms with van der Waals surface area (Å²) in [6.07, 6.45) is 0. The van der Waals surface area contributed by atoms with Crippen LogP contribution in [-0.4, -0.2) is 56.5 Å². The Bertz CT molecular complexity index is 1170. The molecule has 0 fully saturated rings. The van der Waals surface area contributed by atoms with Crippen LogP contribution in [0, 0.1) is 5.92 Å². The summed E-state index contributed by atoms with van der Waals surface area (Å²) in [5.41, 5.74) is 1.08. The number of rotatable bonds is 8. The van der Waals surface area contributed by atoms with Crippen LogP contribution in [0.1, 0.15) is 19.7 Å². The number of carbonyl (C=O) groups excluding carboxylic acids is 3. The molecular weight excluding hydrogens is 462 g/mol. The lowest BCUT2D eigenvalue weighted by atomic mass is 9.85. The number of carbonyl (C=O) groups is 3. The van der Waals surface area contributed by atoms with E-state index in [1.807, 2.05) is 0 Å². The Balaban J connectivity index is 1.85. The van der Waals surface area contributed by atoms with Gasteiger partial charge in [0, 0.05) is 17.5 Å². The molecule has 12 nitrogen and oxygen atoms in total. The van der Waals surface area contributed by atoms with Crippen molar-refractivity contribution in [1.29, 1.82) is 0 Å². The molecule has 0 radical (unpaired) electrons. The summed E-state index contributed by atoms with van der Waals surface area (Å²) in [7, 11) is 5.36. The first-order valence-electron chi connectivity index (χ1n) is 10.3. The number of dihydropyridines is 1. The van der Waals surface area contributed by atoms with Gasteiger partial charge in [-0.15, -0.1) is 0 Å². The summed E-state index contributed by atoms with van der Waals surface area (Å²) in [4.78, 5) is 42.2. The Hall–Kier alpha value is -4.35. The number of nitrogens with one attached hydrogen (secondary N) is 1. The maximum Gasteiger partial charge on any atom is 0.336 e. The molecule has 2 aromatic rings. The molecule has 0 saturated carbocycles. The minimum atomic E-state index is -1.37. The Morgan fingerprint density at radius 1 is 0.971 bits per heavy atom. The maximum absolute atomic E-state index is 13.1. The van der Waals surface area contributed by atoms with Gasteiger partial charge in [0.1, 0.15) is 17.4 Å². The van der Waals surface area contributed by atoms with Gasteiger partial charge in [-0.2, -0.15) is 4.98 Å². The van der Waals surface area contributed by atoms with Crippen LogP contribution in [0.25, 0.3) is 11.4 Å². The molecule has 0 aliphatic carbocycles. The van der Waals surface area contributed by atoms with Gasteiger partial charge < -0.3 is 33.5 Å². The average molecular weight is 487 g/mol. The first kappa shape index (κ1) is 25.3. The van der Waals surface area contributed by atoms with E-state index in [0.717, 1.165) is 0 Å². The molecule has 1 aliphatic heterocycles. The average Bonchev–Trinajstić information content (AvgIpc) is 3.34. The lowest BCUT2D eigenvalue weighted by Gasteiger charge is -2.28. The molecule has 0 saturated heterocycles. The second-order valence-corrected chi connectivity index (χ2v) is 7.30. The fourth-order valence-electron chi connectivity index (χ4n) is 3.61. The van der Waals surface area contributed by atoms with E-state index in [-0.39, 0.29) is 22.9 Å². The van der Waals surface area contributed by atoms with Crippen LogP contribution in [0.3, 0.4) is 0 Å². The summed E-state index contributed by atoms with van der Waals surface area (Å²) in [6.45, 7) is 2.75. The molecule has 1 aromatic heterocycles. The first-order valence-corrected chi connectivity index (χ1v) is 10.3. The Labute approximate surface area is 200 Å². The minimum absolute atomic E-state index is 0.0132. The number of benzene rings is 1. The van der Waals surface area contributed by atoms with Crippen molar-refractivity contribution >= 4 is 17.9 Å². The normalized spacial score (nSPS) is 13.8. The number of hydrogen-bond donors (Lipinski definition) is 1. The van der Waals surface area contributed by atoms with Crippen molar-refractivity contribution in [2.75, 3.05) is 28.4 Å². The van der Waals surface area contributed by atoms with Crippen LogP contribution in [-0.2, 0) is 35.2 Å². The Morgan fingerprint density at radius 2 is 1.60 bits per heavy atom. The highest BCUT2D eigenvalue weighted by Gasteiger charge is 2.42. The van der Waals surface area contributed by atoms with Crippen LogP contribution in [0.4, 0.5) is 0 Å². The molecule has 0 atom stereocenters. The topological polar surface area (TPSA) is 148 Å². The van der Waals surface area contributed by atoms with Gasteiger partial charge in [-0.05, 0) is 26.0 Å². The summed E-state index contributed by atoms with van der Waals surface area (Å²) in [6, 6.07) is 5.06. The Kier molecular flexibility index (Phi) is 7.74. The van der Waals surface area contributed by atoms with Crippen molar-refractivity contribution in [3.05, 3.63) is 46.6 Å². The number of ether oxygens (including phenoxy) is 5. The van der Waals surface area contributed by atoms with E-state index in [2.05, 4.69) is 15.5 Å². The molecule has 0 bridgehead atoms. The summed E-state index contributed by atoms with van der Waals surface area (Å²) >= 11 is 0. The molecule has 0 unspecified atom stereocenters. The third-order valence-electron chi connectivity index (χ3n) is 5.26. The van der Waals surface area contributed by atoms with Crippen molar-refractivity contribution in [3.63, 3.8) is 0 Å². The molecule has 2 heterocycles. The highest BCUT2D eigenvalue weighted by molar-refractivity contribution is 6.05. The van der Waals surface area contributed by atoms with Gasteiger partial charge >= 0.3 is 17.9 Å². The van der Waals surface area contributed by atoms with Gasteiger partial charge in [0.2, 0.25) is 5.82 Å². The summed E-state index contributed by atoms with van der Waals surface area (Å²) < 4.78 is 30.7. The van der Waals surface area contributed by atoms with E-state index in [1.165, 1.54) is 28.4 Å². The third-order valence-corrected chi connectivity index (χ3v) is 5.26. The van der Waals surface area contributed by atoms with E-state index in [1.54, 1.807) is 32.0 Å². The quantitative estimate of drug-likeness (QED) is 0.428. The zero-order valence-electron chi connectivity index (χ0n) is 20.1. The van der Waals surface area contributed by atoms with Gasteiger partial charge in [-0.25, -0.2) is 9.59 Å². The maximum atomic E-state index is 13.1. The molecule has 1 aromatic carbocycles. The molecule has 1 N–H and O–H groups in total. The van der Waals surface area contributed by atoms with E-state index < -0.39 is 30.4 Å². The van der Waals surface area contributed by atoms with Crippen LogP contribution >= 0.6 is 0 Å². The van der Waals surface area contributed by atoms with E-state index in [4.69, 9.17) is 28.2 Å². The van der Waals surface area contributed by atoms with Crippen LogP contribution < -0.4 is 14.8 Å². The number of aromatic nitrogens is 2. The Morgan fingerprint density at radius 3 is 2.14 bits per heavy atom. The van der Waals surface area contributed by atoms with Crippen LogP contribution in [0.5, 0.6) is 11.5 Å². The molecule has 12 heteroatoms. The third kappa shape index (κ3) is 5.10. The number of methoxy groups -OCH3 is 4. The van der Waals surface area contributed by atoms with Crippen molar-refractivity contribution < 1.29 is 42.6 Å². The van der Waals surface area contributed by atoms with Crippen molar-refractivity contribution in [1.82, 2.24) is 15.5 Å². The predicted molar refractivity (Wildman–Crippen MR) is 119 cm³/mol. The SMILES string of the molecule is COC(=O)C1=C(C)NC(C)=C(C(=O)OC)C1C(=O)OCc1nc(-c2ccc(OC)cc2OC)no1. The van der Waals surface area contributed by atoms with Crippen LogP contribution in [0.2, 0.25) is 0 Å². The van der Waals surface area contributed by atoms with Gasteiger partial charge in [0.15, 0.2) is 6.61 Å². The van der Waals surface area contributed by atoms with E-state index in [0.29, 0.717) is 28.5 Å². The number of allylic oxidation sites excluding steroid dienone is 2. The fourth-order valence-corrected chi connectivity index (χ4v) is 3.61. The van der Waals surface area contributed by atoms with E-state index in [9.17, 15) is 14.4 Å². The first-order chi connectivity index (χ1) is 16.7. The second-order valence-electron chi connectivity index (χ2n) is 7.30. The molecule has 35 heavy (non-hydrogen) atoms. The predicted octanol–water partition coefficient (Wildman–Crippen LogP) is 1.91. The number of esters is 3. The minimum Gasteiger partial charge on any atom is -0.497 e. The van der Waals surface area contributed by atoms with E-state index >= 15 is 0 Å². The molecule has 0 spiro atoms. The molecule has 186 valence electrons. The molecule has 3 rings (SSSR count). The lowest BCUT2D eigenvalue weighted by molar-refractivity contribution is -0.152. The summed E-state index contributed by atoms with van der Waals surface area (Å²) in [5.74, 6) is -2.63. The van der Waals surface area contributed by atoms with Gasteiger partial charge in [0.25, 0.3) is 5.89 Å². The van der Waals surface area contributed by atoms with Gasteiger partial charge in [-0.3, -0.25) is 4.79 Å². The molecule has 0 amide bonds. The van der Waals surface area contributed by atoms with Crippen molar-refractivity contribution in [2.24, 2.45) is 5.92 Å². The lowest BCUT2D eigenvalue weighted by Crippen LogP contribution is -2.37. The van der Waals surface area contributed by atoms with Crippen molar-refractivity contribution in [2.45, 2.75) is 20.5 Å². The number of hydrogen-bond acceptors (Lipinski definition) is 12. The van der Waals surface area contributed by atoms with Gasteiger partial charge in [-0.1, -0.05) is 5.16 Å². The monoisotopic (exact) mass is 487 g/mol. The second kappa shape index (κ2) is 10.7. The smallest absolute Gasteiger partial charge is 0.336 e. The van der Waals surface area contributed by atoms with Crippen molar-refractivity contribution in [3.8, 4) is 22.9 Å². The fraction of sp³-hybridized carbons (Fsp3) is 0.348. The molecule has 1 aliphatic rings. The van der Waals surface area contributed by atoms with Gasteiger partial charge in [0.05, 0.1) is 45.1 Å². The highest BCUT2D eigenvalue weighted by Crippen LogP contribution is 2.33. The van der Waals surface area contributed by atoms with Crippen LogP contribution in [0.15, 0.2) is 45.3 Å². The zero-order valence-corrected chi connectivity index (χ0v) is 20.1. The highest BCUT2D eigenvalue weighted by atomic mass is 16.6. The summed E-state index contributed by atoms with van der Waals surface area (Å²) in [5, 5.41) is 6.80. The zero-order chi connectivity index (χ0) is 25.7. The molecular formula is C23H25N3O9. The largest absolute Gasteiger partial charge is 0.497 e. The standard InChI is InChI=1S/C23H25N3O9/c1-11-17(21(27)32-5)19(18(12(2)24-11)22(28)33-6)23(29)34-10-16-25-20(26-35-16)14-8-7-13(30-3)9-15(14)31-4/h7-9,19,24H,10H2,1-6H3. The number of nitrogens with zero attached hydrogens (tertiary/aromatic N) is 2.